The van der Waals surface area contributed by atoms with Crippen molar-refractivity contribution in [3.63, 3.8) is 0 Å². The van der Waals surface area contributed by atoms with Gasteiger partial charge in [0.2, 0.25) is 0 Å². The molecule has 1 unspecified atom stereocenters. The summed E-state index contributed by atoms with van der Waals surface area (Å²) < 4.78 is 51.1. The summed E-state index contributed by atoms with van der Waals surface area (Å²) >= 11 is 0. The van der Waals surface area contributed by atoms with Gasteiger partial charge in [0.15, 0.2) is 0 Å². The molecule has 0 spiro atoms. The summed E-state index contributed by atoms with van der Waals surface area (Å²) in [6.45, 7) is 19.5. The van der Waals surface area contributed by atoms with E-state index in [1.165, 1.54) is 19.2 Å². The Bertz CT molecular complexity index is 1210. The summed E-state index contributed by atoms with van der Waals surface area (Å²) in [6, 6.07) is 6.27. The number of aryl methyl sites for hydroxylation is 1. The third-order valence-electron chi connectivity index (χ3n) is 4.69. The van der Waals surface area contributed by atoms with Gasteiger partial charge in [0.25, 0.3) is 10.1 Å². The summed E-state index contributed by atoms with van der Waals surface area (Å²) in [5, 5.41) is 8.33. The first-order valence-electron chi connectivity index (χ1n) is 13.5. The van der Waals surface area contributed by atoms with Gasteiger partial charge in [0.1, 0.15) is 25.9 Å². The van der Waals surface area contributed by atoms with Gasteiger partial charge in [-0.3, -0.25) is 4.18 Å². The number of esters is 4. The summed E-state index contributed by atoms with van der Waals surface area (Å²) in [5.74, 6) is -1.71. The molecular weight excluding hydrogens is 612 g/mol. The molecule has 0 aromatic heterocycles. The lowest BCUT2D eigenvalue weighted by atomic mass is 10.2. The van der Waals surface area contributed by atoms with Crippen LogP contribution in [-0.4, -0.2) is 90.3 Å². The minimum absolute atomic E-state index is 0.0724. The maximum Gasteiger partial charge on any atom is 0.333 e. The molecule has 1 aliphatic heterocycles. The summed E-state index contributed by atoms with van der Waals surface area (Å²) in [5.41, 5.74) is 1.82. The minimum Gasteiger partial charge on any atom is -0.466 e. The Morgan fingerprint density at radius 1 is 0.889 bits per heavy atom. The van der Waals surface area contributed by atoms with Crippen LogP contribution in [-0.2, 0) is 57.2 Å². The Morgan fingerprint density at radius 2 is 1.40 bits per heavy atom. The van der Waals surface area contributed by atoms with Crippen molar-refractivity contribution in [2.75, 3.05) is 46.8 Å². The predicted octanol–water partition coefficient (Wildman–Crippen LogP) is 3.16. The molecule has 1 N–H and O–H groups in total. The van der Waals surface area contributed by atoms with Crippen molar-refractivity contribution in [3.8, 4) is 0 Å². The van der Waals surface area contributed by atoms with Crippen molar-refractivity contribution >= 4 is 34.0 Å². The second kappa shape index (κ2) is 25.2. The van der Waals surface area contributed by atoms with E-state index in [1.807, 2.05) is 6.92 Å². The van der Waals surface area contributed by atoms with Gasteiger partial charge < -0.3 is 28.8 Å². The smallest absolute Gasteiger partial charge is 0.333 e. The van der Waals surface area contributed by atoms with Crippen molar-refractivity contribution in [2.24, 2.45) is 0 Å². The van der Waals surface area contributed by atoms with Crippen molar-refractivity contribution < 1.29 is 60.6 Å². The van der Waals surface area contributed by atoms with E-state index < -0.39 is 22.1 Å². The molecule has 2 rings (SSSR count). The Labute approximate surface area is 265 Å². The largest absolute Gasteiger partial charge is 0.466 e. The molecule has 0 aliphatic carbocycles. The standard InChI is InChI=1S/C12H14O5S.C7H10O3.C7H12O3.C5H8O2/c1-3-12(13)16-8-9-17-18(14,15)11-6-4-10(2)5-7-11;1-5(2)7(8)10-4-6-3-9-6;1-2-7(9)10-6-4-3-5-8;1-4(2)5(6)7-3/h3-7H,1,8-9H2,2H3;6H,1,3-4H2,2H3;2,8H,1,3-6H2;1H2,2-3H3. The molecule has 0 bridgehead atoms. The molecule has 1 aliphatic rings. The van der Waals surface area contributed by atoms with Gasteiger partial charge in [-0.2, -0.15) is 8.42 Å². The van der Waals surface area contributed by atoms with Crippen LogP contribution in [0.5, 0.6) is 0 Å². The van der Waals surface area contributed by atoms with E-state index in [0.717, 1.165) is 17.7 Å². The number of carbonyl (C=O) groups is 4. The van der Waals surface area contributed by atoms with Crippen molar-refractivity contribution in [1.82, 2.24) is 0 Å². The normalized spacial score (nSPS) is 12.4. The van der Waals surface area contributed by atoms with E-state index in [9.17, 15) is 27.6 Å². The number of epoxide rings is 1. The van der Waals surface area contributed by atoms with E-state index >= 15 is 0 Å². The zero-order chi connectivity index (χ0) is 34.8. The molecule has 1 fully saturated rings. The van der Waals surface area contributed by atoms with Gasteiger partial charge in [-0.25, -0.2) is 19.2 Å². The van der Waals surface area contributed by atoms with Crippen LogP contribution in [0.25, 0.3) is 0 Å². The highest BCUT2D eigenvalue weighted by Gasteiger charge is 2.24. The molecule has 0 amide bonds. The number of hydrogen-bond acceptors (Lipinski definition) is 13. The van der Waals surface area contributed by atoms with Crippen LogP contribution in [0.15, 0.2) is 78.8 Å². The lowest BCUT2D eigenvalue weighted by Crippen LogP contribution is -2.13. The van der Waals surface area contributed by atoms with Gasteiger partial charge in [0.05, 0.1) is 25.2 Å². The van der Waals surface area contributed by atoms with Crippen molar-refractivity contribution in [3.05, 3.63) is 79.4 Å². The molecule has 1 aromatic carbocycles. The zero-order valence-electron chi connectivity index (χ0n) is 26.3. The zero-order valence-corrected chi connectivity index (χ0v) is 27.1. The molecule has 1 atom stereocenters. The SMILES string of the molecule is C=C(C)C(=O)OC.C=C(C)C(=O)OCC1CO1.C=CC(=O)OCCCCO.C=CC(=O)OCCOS(=O)(=O)c1ccc(C)cc1. The first kappa shape index (κ1) is 43.0. The number of carbonyl (C=O) groups excluding carboxylic acids is 4. The van der Waals surface area contributed by atoms with E-state index in [4.69, 9.17) is 18.8 Å². The lowest BCUT2D eigenvalue weighted by molar-refractivity contribution is -0.140. The fourth-order valence-corrected chi connectivity index (χ4v) is 3.09. The molecule has 0 saturated carbocycles. The number of methoxy groups -OCH3 is 1. The quantitative estimate of drug-likeness (QED) is 0.0727. The monoisotopic (exact) mass is 656 g/mol. The third-order valence-corrected chi connectivity index (χ3v) is 6.02. The van der Waals surface area contributed by atoms with E-state index in [1.54, 1.807) is 26.0 Å². The number of rotatable bonds is 15. The highest BCUT2D eigenvalue weighted by Crippen LogP contribution is 2.13. The second-order valence-corrected chi connectivity index (χ2v) is 10.5. The Hall–Kier alpha value is -4.11. The Balaban J connectivity index is 0. The average Bonchev–Trinajstić information content (AvgIpc) is 3.85. The van der Waals surface area contributed by atoms with Crippen LogP contribution < -0.4 is 0 Å². The van der Waals surface area contributed by atoms with Crippen LogP contribution in [0.4, 0.5) is 0 Å². The molecule has 0 radical (unpaired) electrons. The highest BCUT2D eigenvalue weighted by molar-refractivity contribution is 7.86. The van der Waals surface area contributed by atoms with E-state index in [0.29, 0.717) is 43.8 Å². The first-order valence-corrected chi connectivity index (χ1v) is 14.9. The molecule has 13 nitrogen and oxygen atoms in total. The summed E-state index contributed by atoms with van der Waals surface area (Å²) in [4.78, 5) is 42.0. The Morgan fingerprint density at radius 3 is 1.80 bits per heavy atom. The van der Waals surface area contributed by atoms with E-state index in [-0.39, 0.29) is 42.8 Å². The van der Waals surface area contributed by atoms with Crippen LogP contribution in [0.2, 0.25) is 0 Å². The molecule has 252 valence electrons. The van der Waals surface area contributed by atoms with Gasteiger partial charge in [0, 0.05) is 29.9 Å². The van der Waals surface area contributed by atoms with Crippen LogP contribution in [0.1, 0.15) is 32.3 Å². The predicted molar refractivity (Wildman–Crippen MR) is 165 cm³/mol. The topological polar surface area (TPSA) is 181 Å². The van der Waals surface area contributed by atoms with Crippen molar-refractivity contribution in [1.29, 1.82) is 0 Å². The molecule has 14 heteroatoms. The maximum atomic E-state index is 11.7. The second-order valence-electron chi connectivity index (χ2n) is 8.87. The molecule has 1 heterocycles. The fourth-order valence-electron chi connectivity index (χ4n) is 2.19. The number of aliphatic hydroxyl groups excluding tert-OH is 1. The number of benzene rings is 1. The molecular formula is C31H44O13S. The number of hydrogen-bond donors (Lipinski definition) is 1. The minimum atomic E-state index is -3.80. The molecule has 45 heavy (non-hydrogen) atoms. The van der Waals surface area contributed by atoms with Crippen LogP contribution >= 0.6 is 0 Å². The summed E-state index contributed by atoms with van der Waals surface area (Å²) in [7, 11) is -2.47. The summed E-state index contributed by atoms with van der Waals surface area (Å²) in [6.07, 6.45) is 3.64. The van der Waals surface area contributed by atoms with E-state index in [2.05, 4.69) is 40.5 Å². The first-order chi connectivity index (χ1) is 21.1. The number of aliphatic hydroxyl groups is 1. The van der Waals surface area contributed by atoms with Crippen molar-refractivity contribution in [2.45, 2.75) is 44.6 Å². The maximum absolute atomic E-state index is 11.7. The average molecular weight is 657 g/mol. The molecule has 1 saturated heterocycles. The molecule has 1 aromatic rings. The van der Waals surface area contributed by atoms with Gasteiger partial charge in [-0.15, -0.1) is 0 Å². The lowest BCUT2D eigenvalue weighted by Gasteiger charge is -2.06. The highest BCUT2D eigenvalue weighted by atomic mass is 32.2. The van der Waals surface area contributed by atoms with Gasteiger partial charge in [-0.05, 0) is 45.7 Å². The van der Waals surface area contributed by atoms with Gasteiger partial charge in [-0.1, -0.05) is 44.0 Å². The van der Waals surface area contributed by atoms with Crippen LogP contribution in [0.3, 0.4) is 0 Å². The third kappa shape index (κ3) is 25.0. The fraction of sp³-hybridized carbons (Fsp3) is 0.419. The number of ether oxygens (including phenoxy) is 5. The number of unbranched alkanes of at least 4 members (excludes halogenated alkanes) is 1. The van der Waals surface area contributed by atoms with Crippen LogP contribution in [0, 0.1) is 6.92 Å². The Kier molecular flexibility index (Phi) is 24.1. The van der Waals surface area contributed by atoms with Gasteiger partial charge >= 0.3 is 23.9 Å².